The monoisotopic (exact) mass is 497 g/mol. The second-order valence-electron chi connectivity index (χ2n) is 9.96. The summed E-state index contributed by atoms with van der Waals surface area (Å²) < 4.78 is 6.84. The lowest BCUT2D eigenvalue weighted by molar-refractivity contribution is -0.156. The summed E-state index contributed by atoms with van der Waals surface area (Å²) in [5.74, 6) is -0.0133. The van der Waals surface area contributed by atoms with Crippen LogP contribution in [0.15, 0.2) is 54.9 Å². The first-order valence-electron chi connectivity index (χ1n) is 12.7. The topological polar surface area (TPSA) is 112 Å². The van der Waals surface area contributed by atoms with Gasteiger partial charge in [0.2, 0.25) is 0 Å². The fraction of sp³-hybridized carbons (Fsp3) is 0.345. The van der Waals surface area contributed by atoms with Crippen LogP contribution in [0.5, 0.6) is 0 Å². The molecule has 0 bridgehead atoms. The predicted molar refractivity (Wildman–Crippen MR) is 142 cm³/mol. The summed E-state index contributed by atoms with van der Waals surface area (Å²) in [6.07, 6.45) is 6.28. The van der Waals surface area contributed by atoms with Crippen LogP contribution in [0.2, 0.25) is 0 Å². The van der Waals surface area contributed by atoms with Gasteiger partial charge in [-0.3, -0.25) is 14.6 Å². The summed E-state index contributed by atoms with van der Waals surface area (Å²) in [6.45, 7) is 5.65. The van der Waals surface area contributed by atoms with E-state index in [1.54, 1.807) is 12.4 Å². The smallest absolute Gasteiger partial charge is 0.311 e. The van der Waals surface area contributed by atoms with Gasteiger partial charge in [-0.2, -0.15) is 9.61 Å². The first kappa shape index (κ1) is 24.6. The molecule has 0 spiro atoms. The fourth-order valence-corrected chi connectivity index (χ4v) is 5.26. The average molecular weight is 498 g/mol. The van der Waals surface area contributed by atoms with Gasteiger partial charge in [0.05, 0.1) is 35.2 Å². The molecule has 0 atom stereocenters. The van der Waals surface area contributed by atoms with Gasteiger partial charge < -0.3 is 10.5 Å². The minimum atomic E-state index is -0.521. The summed E-state index contributed by atoms with van der Waals surface area (Å²) in [5, 5.41) is 4.46. The number of pyridine rings is 1. The van der Waals surface area contributed by atoms with Crippen molar-refractivity contribution in [3.8, 4) is 22.4 Å². The quantitative estimate of drug-likeness (QED) is 0.278. The largest absolute Gasteiger partial charge is 0.466 e. The van der Waals surface area contributed by atoms with Gasteiger partial charge in [-0.15, -0.1) is 0 Å². The lowest BCUT2D eigenvalue weighted by Gasteiger charge is -2.35. The van der Waals surface area contributed by atoms with Crippen molar-refractivity contribution in [2.75, 3.05) is 12.3 Å². The van der Waals surface area contributed by atoms with Gasteiger partial charge in [0.25, 0.3) is 0 Å². The molecule has 8 nitrogen and oxygen atoms in total. The number of ether oxygens (including phenoxy) is 1. The number of nitrogens with zero attached hydrogens (tertiary/aromatic N) is 4. The molecule has 0 amide bonds. The molecular weight excluding hydrogens is 466 g/mol. The zero-order valence-corrected chi connectivity index (χ0v) is 21.4. The van der Waals surface area contributed by atoms with Gasteiger partial charge in [-0.25, -0.2) is 4.98 Å². The Morgan fingerprint density at radius 3 is 2.43 bits per heavy atom. The van der Waals surface area contributed by atoms with E-state index >= 15 is 0 Å². The van der Waals surface area contributed by atoms with Crippen LogP contribution in [-0.4, -0.2) is 37.9 Å². The summed E-state index contributed by atoms with van der Waals surface area (Å²) >= 11 is 0. The molecule has 3 aromatic heterocycles. The number of nitrogens with two attached hydrogens (primary N) is 1. The zero-order chi connectivity index (χ0) is 26.2. The number of anilines is 1. The van der Waals surface area contributed by atoms with Crippen LogP contribution in [0.3, 0.4) is 0 Å². The summed E-state index contributed by atoms with van der Waals surface area (Å²) in [5.41, 5.74) is 11.2. The number of aromatic nitrogens is 4. The number of rotatable bonds is 6. The van der Waals surface area contributed by atoms with E-state index in [9.17, 15) is 9.59 Å². The highest BCUT2D eigenvalue weighted by Crippen LogP contribution is 2.45. The van der Waals surface area contributed by atoms with Crippen LogP contribution in [0.1, 0.15) is 68.4 Å². The van der Waals surface area contributed by atoms with Crippen LogP contribution >= 0.6 is 0 Å². The molecule has 1 saturated carbocycles. The molecule has 1 aromatic carbocycles. The molecule has 1 aliphatic carbocycles. The average Bonchev–Trinajstić information content (AvgIpc) is 3.34. The molecule has 0 unspecified atom stereocenters. The van der Waals surface area contributed by atoms with Crippen LogP contribution < -0.4 is 5.73 Å². The lowest BCUT2D eigenvalue weighted by atomic mass is 9.70. The van der Waals surface area contributed by atoms with E-state index in [0.29, 0.717) is 36.4 Å². The third-order valence-corrected chi connectivity index (χ3v) is 7.45. The first-order valence-corrected chi connectivity index (χ1v) is 12.7. The Morgan fingerprint density at radius 2 is 1.81 bits per heavy atom. The van der Waals surface area contributed by atoms with Crippen LogP contribution in [0, 0.1) is 5.41 Å². The molecule has 3 heterocycles. The SMILES string of the molecule is CCOC(=O)C1(C)CCC(c2nc3c(-c4ccc(-c5ccccc5)nc4)cnn3c(N)c2C(C)=O)CC1. The third kappa shape index (κ3) is 4.48. The molecule has 0 aliphatic heterocycles. The van der Waals surface area contributed by atoms with E-state index in [1.807, 2.05) is 56.3 Å². The Morgan fingerprint density at radius 1 is 1.08 bits per heavy atom. The Bertz CT molecular complexity index is 1450. The number of Topliss-reactive ketones (excluding diaryl/α,β-unsaturated/α-hetero) is 1. The second kappa shape index (κ2) is 9.76. The zero-order valence-electron chi connectivity index (χ0n) is 21.4. The molecular formula is C29H31N5O3. The van der Waals surface area contributed by atoms with Gasteiger partial charge in [-0.1, -0.05) is 36.4 Å². The number of hydrogen-bond acceptors (Lipinski definition) is 7. The minimum absolute atomic E-state index is 0.00929. The fourth-order valence-electron chi connectivity index (χ4n) is 5.26. The Hall–Kier alpha value is -4.07. The van der Waals surface area contributed by atoms with Gasteiger partial charge in [0.15, 0.2) is 11.4 Å². The van der Waals surface area contributed by atoms with E-state index in [4.69, 9.17) is 15.5 Å². The number of benzene rings is 1. The maximum atomic E-state index is 12.7. The van der Waals surface area contributed by atoms with Crippen LogP contribution in [0.4, 0.5) is 5.82 Å². The lowest BCUT2D eigenvalue weighted by Crippen LogP contribution is -2.34. The number of esters is 1. The van der Waals surface area contributed by atoms with Crippen molar-refractivity contribution in [1.29, 1.82) is 0 Å². The summed E-state index contributed by atoms with van der Waals surface area (Å²) in [6, 6.07) is 13.9. The van der Waals surface area contributed by atoms with Gasteiger partial charge in [0, 0.05) is 28.8 Å². The number of ketones is 1. The highest BCUT2D eigenvalue weighted by Gasteiger charge is 2.40. The molecule has 1 fully saturated rings. The van der Waals surface area contributed by atoms with E-state index < -0.39 is 5.41 Å². The number of carbonyl (C=O) groups is 2. The van der Waals surface area contributed by atoms with Crippen molar-refractivity contribution in [3.63, 3.8) is 0 Å². The van der Waals surface area contributed by atoms with E-state index in [0.717, 1.165) is 35.2 Å². The van der Waals surface area contributed by atoms with Crippen molar-refractivity contribution in [3.05, 3.63) is 66.1 Å². The summed E-state index contributed by atoms with van der Waals surface area (Å²) in [7, 11) is 0. The van der Waals surface area contributed by atoms with Crippen LogP contribution in [0.25, 0.3) is 28.0 Å². The standard InChI is InChI=1S/C29H31N5O3/c1-4-37-28(36)29(3)14-12-20(13-15-29)25-24(18(2)35)26(30)34-27(33-25)22(17-32-34)21-10-11-23(31-16-21)19-8-6-5-7-9-19/h5-11,16-17,20H,4,12-15,30H2,1-3H3. The van der Waals surface area contributed by atoms with Crippen molar-refractivity contribution in [1.82, 2.24) is 19.6 Å². The minimum Gasteiger partial charge on any atom is -0.466 e. The second-order valence-corrected chi connectivity index (χ2v) is 9.96. The van der Waals surface area contributed by atoms with Gasteiger partial charge >= 0.3 is 5.97 Å². The number of carbonyl (C=O) groups excluding carboxylic acids is 2. The maximum absolute atomic E-state index is 12.7. The molecule has 37 heavy (non-hydrogen) atoms. The van der Waals surface area contributed by atoms with E-state index in [-0.39, 0.29) is 23.5 Å². The first-order chi connectivity index (χ1) is 17.8. The summed E-state index contributed by atoms with van der Waals surface area (Å²) in [4.78, 5) is 34.8. The molecule has 4 aromatic rings. The molecule has 190 valence electrons. The Balaban J connectivity index is 1.52. The maximum Gasteiger partial charge on any atom is 0.311 e. The van der Waals surface area contributed by atoms with Crippen molar-refractivity contribution in [2.24, 2.45) is 5.41 Å². The Kier molecular flexibility index (Phi) is 6.50. The third-order valence-electron chi connectivity index (χ3n) is 7.45. The normalized spacial score (nSPS) is 19.6. The Labute approximate surface area is 215 Å². The van der Waals surface area contributed by atoms with Crippen LogP contribution in [-0.2, 0) is 9.53 Å². The molecule has 5 rings (SSSR count). The number of nitrogen functional groups attached to an aromatic ring is 1. The van der Waals surface area contributed by atoms with Gasteiger partial charge in [-0.05, 0) is 52.5 Å². The van der Waals surface area contributed by atoms with Gasteiger partial charge in [0.1, 0.15) is 5.82 Å². The van der Waals surface area contributed by atoms with E-state index in [2.05, 4.69) is 10.1 Å². The molecule has 1 aliphatic rings. The molecule has 0 radical (unpaired) electrons. The molecule has 0 saturated heterocycles. The van der Waals surface area contributed by atoms with E-state index in [1.165, 1.54) is 11.4 Å². The van der Waals surface area contributed by atoms with Crippen molar-refractivity contribution >= 4 is 23.2 Å². The number of hydrogen-bond donors (Lipinski definition) is 1. The van der Waals surface area contributed by atoms with Crippen molar-refractivity contribution < 1.29 is 14.3 Å². The highest BCUT2D eigenvalue weighted by atomic mass is 16.5. The predicted octanol–water partition coefficient (Wildman–Crippen LogP) is 5.47. The number of fused-ring (bicyclic) bond motifs is 1. The van der Waals surface area contributed by atoms with Crippen molar-refractivity contribution in [2.45, 2.75) is 52.4 Å². The highest BCUT2D eigenvalue weighted by molar-refractivity contribution is 6.00. The molecule has 8 heteroatoms. The molecule has 2 N–H and O–H groups in total.